The zero-order valence-electron chi connectivity index (χ0n) is 21.7. The van der Waals surface area contributed by atoms with Gasteiger partial charge in [0, 0.05) is 62.5 Å². The number of carbonyl (C=O) groups is 1. The summed E-state index contributed by atoms with van der Waals surface area (Å²) in [5, 5.41) is 21.4. The Hall–Kier alpha value is -2.97. The molecule has 37 heavy (non-hydrogen) atoms. The van der Waals surface area contributed by atoms with Gasteiger partial charge in [-0.15, -0.1) is 0 Å². The topological polar surface area (TPSA) is 84.3 Å². The van der Waals surface area contributed by atoms with Gasteiger partial charge in [-0.05, 0) is 75.4 Å². The predicted octanol–water partition coefficient (Wildman–Crippen LogP) is 3.26. The van der Waals surface area contributed by atoms with Gasteiger partial charge in [-0.3, -0.25) is 9.80 Å². The van der Waals surface area contributed by atoms with Crippen molar-refractivity contribution in [1.82, 2.24) is 15.2 Å². The smallest absolute Gasteiger partial charge is 0.225 e. The van der Waals surface area contributed by atoms with Gasteiger partial charge in [0.25, 0.3) is 0 Å². The van der Waals surface area contributed by atoms with Gasteiger partial charge >= 0.3 is 0 Å². The molecule has 3 aliphatic heterocycles. The highest BCUT2D eigenvalue weighted by Gasteiger charge is 2.41. The fourth-order valence-corrected chi connectivity index (χ4v) is 6.03. The van der Waals surface area contributed by atoms with Crippen molar-refractivity contribution in [3.05, 3.63) is 42.6 Å². The van der Waals surface area contributed by atoms with Crippen molar-refractivity contribution in [3.63, 3.8) is 0 Å². The Labute approximate surface area is 219 Å². The summed E-state index contributed by atoms with van der Waals surface area (Å²) in [5.41, 5.74) is 2.52. The van der Waals surface area contributed by atoms with Crippen molar-refractivity contribution in [2.24, 2.45) is 11.0 Å². The van der Waals surface area contributed by atoms with Crippen molar-refractivity contribution < 1.29 is 9.90 Å². The van der Waals surface area contributed by atoms with Gasteiger partial charge in [0.05, 0.1) is 17.3 Å². The molecule has 1 aromatic heterocycles. The van der Waals surface area contributed by atoms with Crippen LogP contribution in [0.1, 0.15) is 44.9 Å². The van der Waals surface area contributed by atoms with Crippen LogP contribution in [0.2, 0.25) is 0 Å². The SMILES string of the molecule is CNC1CCN(c2ccc(-c3ccc(N4N=CCC4CC4(O)CCN(C(=O)C5CC5)CC4)cc3)cn2)C1. The molecule has 4 aliphatic rings. The van der Waals surface area contributed by atoms with E-state index in [4.69, 9.17) is 4.98 Å². The lowest BCUT2D eigenvalue weighted by molar-refractivity contribution is -0.137. The van der Waals surface area contributed by atoms with E-state index in [1.165, 1.54) is 0 Å². The summed E-state index contributed by atoms with van der Waals surface area (Å²) in [6, 6.07) is 13.4. The molecule has 1 saturated carbocycles. The van der Waals surface area contributed by atoms with Crippen LogP contribution in [0.15, 0.2) is 47.7 Å². The number of hydrogen-bond donors (Lipinski definition) is 2. The van der Waals surface area contributed by atoms with E-state index in [2.05, 4.69) is 56.7 Å². The van der Waals surface area contributed by atoms with Crippen molar-refractivity contribution in [3.8, 4) is 11.1 Å². The Kier molecular flexibility index (Phi) is 6.63. The molecule has 0 bridgehead atoms. The average molecular weight is 503 g/mol. The number of likely N-dealkylation sites (tertiary alicyclic amines) is 1. The first-order valence-electron chi connectivity index (χ1n) is 13.8. The van der Waals surface area contributed by atoms with E-state index in [1.54, 1.807) is 0 Å². The molecule has 2 N–H and O–H groups in total. The van der Waals surface area contributed by atoms with E-state index >= 15 is 0 Å². The second-order valence-electron chi connectivity index (χ2n) is 11.2. The van der Waals surface area contributed by atoms with E-state index in [0.717, 1.165) is 61.4 Å². The summed E-state index contributed by atoms with van der Waals surface area (Å²) in [6.45, 7) is 3.36. The molecule has 4 heterocycles. The van der Waals surface area contributed by atoms with Crippen molar-refractivity contribution in [1.29, 1.82) is 0 Å². The summed E-state index contributed by atoms with van der Waals surface area (Å²) in [7, 11) is 2.02. The van der Waals surface area contributed by atoms with Crippen LogP contribution < -0.4 is 15.2 Å². The summed E-state index contributed by atoms with van der Waals surface area (Å²) in [6.07, 6.45) is 9.90. The molecular weight excluding hydrogens is 464 g/mol. The van der Waals surface area contributed by atoms with Gasteiger partial charge in [-0.2, -0.15) is 5.10 Å². The van der Waals surface area contributed by atoms with E-state index < -0.39 is 5.60 Å². The van der Waals surface area contributed by atoms with Crippen molar-refractivity contribution in [2.75, 3.05) is 43.1 Å². The number of aromatic nitrogens is 1. The zero-order chi connectivity index (χ0) is 25.4. The molecule has 1 amide bonds. The molecule has 2 aromatic rings. The van der Waals surface area contributed by atoms with Crippen LogP contribution >= 0.6 is 0 Å². The number of anilines is 2. The van der Waals surface area contributed by atoms with Gasteiger partial charge in [-0.25, -0.2) is 4.98 Å². The molecule has 196 valence electrons. The number of carbonyl (C=O) groups excluding carboxylic acids is 1. The third-order valence-electron chi connectivity index (χ3n) is 8.61. The minimum atomic E-state index is -0.743. The summed E-state index contributed by atoms with van der Waals surface area (Å²) in [4.78, 5) is 21.4. The van der Waals surface area contributed by atoms with E-state index in [0.29, 0.717) is 38.4 Å². The number of benzene rings is 1. The second kappa shape index (κ2) is 10.1. The van der Waals surface area contributed by atoms with Crippen molar-refractivity contribution >= 4 is 23.6 Å². The molecule has 1 aromatic carbocycles. The molecular formula is C29H38N6O2. The number of likely N-dealkylation sites (N-methyl/N-ethyl adjacent to an activating group) is 1. The summed E-state index contributed by atoms with van der Waals surface area (Å²) < 4.78 is 0. The maximum Gasteiger partial charge on any atom is 0.225 e. The largest absolute Gasteiger partial charge is 0.390 e. The first-order chi connectivity index (χ1) is 18.0. The number of hydrogen-bond acceptors (Lipinski definition) is 7. The Morgan fingerprint density at radius 2 is 1.81 bits per heavy atom. The highest BCUT2D eigenvalue weighted by atomic mass is 16.3. The number of nitrogens with zero attached hydrogens (tertiary/aromatic N) is 5. The monoisotopic (exact) mass is 502 g/mol. The van der Waals surface area contributed by atoms with Crippen LogP contribution in [0.25, 0.3) is 11.1 Å². The zero-order valence-corrected chi connectivity index (χ0v) is 21.7. The van der Waals surface area contributed by atoms with E-state index in [-0.39, 0.29) is 17.9 Å². The van der Waals surface area contributed by atoms with Crippen LogP contribution in [-0.2, 0) is 4.79 Å². The number of amides is 1. The number of aliphatic hydroxyl groups is 1. The van der Waals surface area contributed by atoms with Crippen LogP contribution in [0, 0.1) is 5.92 Å². The van der Waals surface area contributed by atoms with Gasteiger partial charge in [0.2, 0.25) is 5.91 Å². The lowest BCUT2D eigenvalue weighted by Gasteiger charge is -2.40. The molecule has 1 aliphatic carbocycles. The summed E-state index contributed by atoms with van der Waals surface area (Å²) >= 11 is 0. The molecule has 0 radical (unpaired) electrons. The Bertz CT molecular complexity index is 1120. The van der Waals surface area contributed by atoms with Gasteiger partial charge in [-0.1, -0.05) is 12.1 Å². The quantitative estimate of drug-likeness (QED) is 0.605. The van der Waals surface area contributed by atoms with E-state index in [1.807, 2.05) is 24.4 Å². The molecule has 3 fully saturated rings. The number of rotatable bonds is 7. The van der Waals surface area contributed by atoms with Crippen LogP contribution in [0.5, 0.6) is 0 Å². The van der Waals surface area contributed by atoms with Crippen LogP contribution in [0.4, 0.5) is 11.5 Å². The number of pyridine rings is 1. The minimum absolute atomic E-state index is 0.129. The maximum absolute atomic E-state index is 12.4. The van der Waals surface area contributed by atoms with Gasteiger partial charge < -0.3 is 20.2 Å². The highest BCUT2D eigenvalue weighted by molar-refractivity contribution is 5.81. The lowest BCUT2D eigenvalue weighted by Crippen LogP contribution is -2.49. The lowest BCUT2D eigenvalue weighted by atomic mass is 9.84. The Balaban J connectivity index is 1.07. The number of hydrazone groups is 1. The fraction of sp³-hybridized carbons (Fsp3) is 0.552. The third-order valence-corrected chi connectivity index (χ3v) is 8.61. The molecule has 8 nitrogen and oxygen atoms in total. The standard InChI is InChI=1S/C29H38N6O2/c1-30-24-11-15-34(20-24)27-9-6-23(19-31-27)21-4-7-25(8-5-21)35-26(10-14-32-35)18-29(37)12-16-33(17-13-29)28(36)22-2-3-22/h4-9,14,19,22,24,26,30,37H,2-3,10-13,15-18,20H2,1H3. The molecule has 8 heteroatoms. The average Bonchev–Trinajstić information content (AvgIpc) is 3.50. The highest BCUT2D eigenvalue weighted by Crippen LogP contribution is 2.36. The first kappa shape index (κ1) is 24.4. The second-order valence-corrected chi connectivity index (χ2v) is 11.2. The van der Waals surface area contributed by atoms with Gasteiger partial charge in [0.1, 0.15) is 5.82 Å². The summed E-state index contributed by atoms with van der Waals surface area (Å²) in [5.74, 6) is 1.57. The Morgan fingerprint density at radius 3 is 2.46 bits per heavy atom. The van der Waals surface area contributed by atoms with Crippen molar-refractivity contribution in [2.45, 2.75) is 62.6 Å². The van der Waals surface area contributed by atoms with Gasteiger partial charge in [0.15, 0.2) is 0 Å². The Morgan fingerprint density at radius 1 is 1.05 bits per heavy atom. The predicted molar refractivity (Wildman–Crippen MR) is 147 cm³/mol. The molecule has 0 spiro atoms. The fourth-order valence-electron chi connectivity index (χ4n) is 6.03. The number of nitrogens with one attached hydrogen (secondary N) is 1. The molecule has 6 rings (SSSR count). The van der Waals surface area contributed by atoms with Crippen LogP contribution in [0.3, 0.4) is 0 Å². The maximum atomic E-state index is 12.4. The number of piperidine rings is 1. The molecule has 2 unspecified atom stereocenters. The molecule has 2 atom stereocenters. The minimum Gasteiger partial charge on any atom is -0.390 e. The van der Waals surface area contributed by atoms with E-state index in [9.17, 15) is 9.90 Å². The third kappa shape index (κ3) is 5.22. The molecule has 2 saturated heterocycles. The normalized spacial score (nSPS) is 25.2. The van der Waals surface area contributed by atoms with Crippen LogP contribution in [-0.4, -0.2) is 78.0 Å². The first-order valence-corrected chi connectivity index (χ1v) is 13.8.